The molecule has 4 rings (SSSR count). The number of nitrogens with one attached hydrogen (secondary N) is 1. The number of hydrogen-bond donors (Lipinski definition) is 1. The van der Waals surface area contributed by atoms with Crippen molar-refractivity contribution in [3.05, 3.63) is 68.4 Å². The van der Waals surface area contributed by atoms with Crippen LogP contribution in [-0.4, -0.2) is 19.2 Å². The van der Waals surface area contributed by atoms with E-state index in [0.29, 0.717) is 32.7 Å². The molecule has 0 unspecified atom stereocenters. The Morgan fingerprint density at radius 2 is 1.89 bits per heavy atom. The highest BCUT2D eigenvalue weighted by Gasteiger charge is 2.16. The van der Waals surface area contributed by atoms with E-state index < -0.39 is 5.56 Å². The summed E-state index contributed by atoms with van der Waals surface area (Å²) in [6, 6.07) is 9.33. The summed E-state index contributed by atoms with van der Waals surface area (Å²) in [5.74, 6) is 0.990. The lowest BCUT2D eigenvalue weighted by molar-refractivity contribution is -0.578. The molecule has 0 saturated heterocycles. The topological polar surface area (TPSA) is 108 Å². The van der Waals surface area contributed by atoms with E-state index in [0.717, 1.165) is 6.20 Å². The summed E-state index contributed by atoms with van der Waals surface area (Å²) in [6.45, 7) is 0. The average Bonchev–Trinajstić information content (AvgIpc) is 2.66. The lowest BCUT2D eigenvalue weighted by atomic mass is 10.1. The van der Waals surface area contributed by atoms with Crippen LogP contribution in [0.25, 0.3) is 33.3 Å². The van der Waals surface area contributed by atoms with Gasteiger partial charge in [-0.2, -0.15) is 4.73 Å². The summed E-state index contributed by atoms with van der Waals surface area (Å²) < 4.78 is 17.0. The number of benzene rings is 2. The number of aromatic nitrogens is 2. The van der Waals surface area contributed by atoms with Crippen LogP contribution in [0.1, 0.15) is 0 Å². The summed E-state index contributed by atoms with van der Waals surface area (Å²) in [5.41, 5.74) is 0.609. The van der Waals surface area contributed by atoms with Gasteiger partial charge in [0.05, 0.1) is 19.6 Å². The maximum atomic E-state index is 12.5. The molecule has 0 aliphatic heterocycles. The van der Waals surface area contributed by atoms with Crippen molar-refractivity contribution in [2.75, 3.05) is 14.2 Å². The van der Waals surface area contributed by atoms with E-state index in [4.69, 9.17) is 13.9 Å². The predicted octanol–water partition coefficient (Wildman–Crippen LogP) is 1.95. The van der Waals surface area contributed by atoms with Crippen LogP contribution < -0.4 is 25.2 Å². The fourth-order valence-corrected chi connectivity index (χ4v) is 2.99. The molecular formula is C19H14N2O6. The van der Waals surface area contributed by atoms with Gasteiger partial charge in [0.15, 0.2) is 16.8 Å². The van der Waals surface area contributed by atoms with E-state index >= 15 is 0 Å². The molecule has 0 fully saturated rings. The summed E-state index contributed by atoms with van der Waals surface area (Å²) in [6.07, 6.45) is 0.899. The number of rotatable bonds is 3. The number of ether oxygens (including phenoxy) is 2. The minimum Gasteiger partial charge on any atom is -0.618 e. The van der Waals surface area contributed by atoms with Crippen molar-refractivity contribution in [2.45, 2.75) is 0 Å². The molecule has 1 N–H and O–H groups in total. The van der Waals surface area contributed by atoms with Gasteiger partial charge in [0.1, 0.15) is 11.3 Å². The SMILES string of the molecule is COc1ccc2c(=O)cc(-c3ccc4[nH]c(=O)c[n+]([O-])c4c3)oc2c1OC. The number of nitrogens with zero attached hydrogens (tertiary/aromatic N) is 1. The third-order valence-corrected chi connectivity index (χ3v) is 4.25. The van der Waals surface area contributed by atoms with Crippen LogP contribution >= 0.6 is 0 Å². The molecule has 0 amide bonds. The Morgan fingerprint density at radius 1 is 1.07 bits per heavy atom. The van der Waals surface area contributed by atoms with Gasteiger partial charge in [-0.25, -0.2) is 0 Å². The van der Waals surface area contributed by atoms with Crippen LogP contribution in [0.5, 0.6) is 11.5 Å². The maximum absolute atomic E-state index is 12.5. The second-order valence-electron chi connectivity index (χ2n) is 5.83. The quantitative estimate of drug-likeness (QED) is 0.438. The first-order chi connectivity index (χ1) is 13.0. The summed E-state index contributed by atoms with van der Waals surface area (Å²) in [5, 5.41) is 12.4. The largest absolute Gasteiger partial charge is 0.618 e. The van der Waals surface area contributed by atoms with Gasteiger partial charge >= 0.3 is 5.56 Å². The van der Waals surface area contributed by atoms with Crippen molar-refractivity contribution in [1.29, 1.82) is 0 Å². The van der Waals surface area contributed by atoms with E-state index in [2.05, 4.69) is 4.98 Å². The monoisotopic (exact) mass is 366 g/mol. The van der Waals surface area contributed by atoms with Gasteiger partial charge in [-0.1, -0.05) is 0 Å². The zero-order chi connectivity index (χ0) is 19.1. The Hall–Kier alpha value is -3.81. The van der Waals surface area contributed by atoms with Crippen LogP contribution in [0.3, 0.4) is 0 Å². The molecule has 0 bridgehead atoms. The molecule has 27 heavy (non-hydrogen) atoms. The molecule has 2 heterocycles. The third kappa shape index (κ3) is 2.67. The number of H-pyrrole nitrogens is 1. The van der Waals surface area contributed by atoms with E-state index in [-0.39, 0.29) is 22.3 Å². The molecule has 4 aromatic rings. The summed E-state index contributed by atoms with van der Waals surface area (Å²) >= 11 is 0. The lowest BCUT2D eigenvalue weighted by Gasteiger charge is -2.11. The fourth-order valence-electron chi connectivity index (χ4n) is 2.99. The first-order valence-corrected chi connectivity index (χ1v) is 7.97. The van der Waals surface area contributed by atoms with Crippen molar-refractivity contribution in [2.24, 2.45) is 0 Å². The Bertz CT molecular complexity index is 1310. The zero-order valence-electron chi connectivity index (χ0n) is 14.4. The number of aromatic amines is 1. The summed E-state index contributed by atoms with van der Waals surface area (Å²) in [7, 11) is 2.94. The predicted molar refractivity (Wildman–Crippen MR) is 98.1 cm³/mol. The normalized spacial score (nSPS) is 11.0. The molecular weight excluding hydrogens is 352 g/mol. The average molecular weight is 366 g/mol. The zero-order valence-corrected chi connectivity index (χ0v) is 14.4. The van der Waals surface area contributed by atoms with Crippen molar-refractivity contribution in [3.63, 3.8) is 0 Å². The first-order valence-electron chi connectivity index (χ1n) is 7.97. The number of fused-ring (bicyclic) bond motifs is 2. The smallest absolute Gasteiger partial charge is 0.314 e. The van der Waals surface area contributed by atoms with Crippen molar-refractivity contribution < 1.29 is 18.6 Å². The van der Waals surface area contributed by atoms with Gasteiger partial charge in [-0.15, -0.1) is 0 Å². The Labute approximate surface area is 151 Å². The molecule has 2 aromatic carbocycles. The van der Waals surface area contributed by atoms with Crippen LogP contribution in [-0.2, 0) is 0 Å². The molecule has 0 saturated carbocycles. The minimum atomic E-state index is -0.501. The Kier molecular flexibility index (Phi) is 3.80. The Balaban J connectivity index is 2.00. The fraction of sp³-hybridized carbons (Fsp3) is 0.105. The number of hydrogen-bond acceptors (Lipinski definition) is 6. The van der Waals surface area contributed by atoms with Gasteiger partial charge < -0.3 is 24.1 Å². The second kappa shape index (κ2) is 6.17. The van der Waals surface area contributed by atoms with Gasteiger partial charge in [0, 0.05) is 17.7 Å². The highest BCUT2D eigenvalue weighted by atomic mass is 16.5. The highest BCUT2D eigenvalue weighted by molar-refractivity contribution is 5.87. The third-order valence-electron chi connectivity index (χ3n) is 4.25. The van der Waals surface area contributed by atoms with Crippen molar-refractivity contribution >= 4 is 22.0 Å². The van der Waals surface area contributed by atoms with E-state index in [1.54, 1.807) is 24.3 Å². The minimum absolute atomic E-state index is 0.243. The maximum Gasteiger partial charge on any atom is 0.314 e. The van der Waals surface area contributed by atoms with Gasteiger partial charge in [-0.3, -0.25) is 9.59 Å². The molecule has 8 heteroatoms. The summed E-state index contributed by atoms with van der Waals surface area (Å²) in [4.78, 5) is 26.5. The lowest BCUT2D eigenvalue weighted by Crippen LogP contribution is -2.32. The van der Waals surface area contributed by atoms with Crippen molar-refractivity contribution in [3.8, 4) is 22.8 Å². The first kappa shape index (κ1) is 16.6. The van der Waals surface area contributed by atoms with Crippen LogP contribution in [0.15, 0.2) is 56.6 Å². The molecule has 136 valence electrons. The second-order valence-corrected chi connectivity index (χ2v) is 5.83. The highest BCUT2D eigenvalue weighted by Crippen LogP contribution is 2.36. The van der Waals surface area contributed by atoms with Crippen LogP contribution in [0.4, 0.5) is 0 Å². The molecule has 0 spiro atoms. The van der Waals surface area contributed by atoms with Crippen LogP contribution in [0, 0.1) is 5.21 Å². The van der Waals surface area contributed by atoms with Gasteiger partial charge in [-0.05, 0) is 24.3 Å². The molecule has 0 aliphatic rings. The van der Waals surface area contributed by atoms with Crippen LogP contribution in [0.2, 0.25) is 0 Å². The van der Waals surface area contributed by atoms with Crippen molar-refractivity contribution in [1.82, 2.24) is 4.98 Å². The van der Waals surface area contributed by atoms with E-state index in [1.807, 2.05) is 0 Å². The molecule has 0 aliphatic carbocycles. The Morgan fingerprint density at radius 3 is 2.63 bits per heavy atom. The molecule has 0 atom stereocenters. The van der Waals surface area contributed by atoms with Gasteiger partial charge in [0.25, 0.3) is 0 Å². The molecule has 8 nitrogen and oxygen atoms in total. The van der Waals surface area contributed by atoms with E-state index in [1.165, 1.54) is 26.4 Å². The standard InChI is InChI=1S/C19H14N2O6/c1-25-15-6-4-11-14(22)8-16(27-18(11)19(15)26-2)10-3-5-12-13(7-10)21(24)9-17(23)20-12/h3-9H,1-2H3,(H,20,23). The van der Waals surface area contributed by atoms with E-state index in [9.17, 15) is 14.8 Å². The molecule has 2 aromatic heterocycles. The number of methoxy groups -OCH3 is 2. The van der Waals surface area contributed by atoms with Gasteiger partial charge in [0.2, 0.25) is 17.5 Å². The molecule has 0 radical (unpaired) electrons.